The van der Waals surface area contributed by atoms with E-state index in [-0.39, 0.29) is 6.04 Å². The predicted octanol–water partition coefficient (Wildman–Crippen LogP) is 5.14. The lowest BCUT2D eigenvalue weighted by atomic mass is 10.0. The number of rotatable bonds is 4. The van der Waals surface area contributed by atoms with Crippen LogP contribution in [0.3, 0.4) is 0 Å². The molecule has 0 aliphatic carbocycles. The molecule has 0 fully saturated rings. The van der Waals surface area contributed by atoms with Gasteiger partial charge in [-0.1, -0.05) is 5.16 Å². The number of aromatic amines is 1. The Bertz CT molecular complexity index is 1420. The molecule has 0 spiro atoms. The van der Waals surface area contributed by atoms with Gasteiger partial charge in [0.2, 0.25) is 0 Å². The number of ether oxygens (including phenoxy) is 1. The van der Waals surface area contributed by atoms with E-state index in [0.29, 0.717) is 5.82 Å². The molecule has 0 radical (unpaired) electrons. The smallest absolute Gasteiger partial charge is 0.142 e. The van der Waals surface area contributed by atoms with Crippen LogP contribution in [0, 0.1) is 20.8 Å². The fraction of sp³-hybridized carbons (Fsp3) is 0.304. The number of methoxy groups -OCH3 is 1. The lowest BCUT2D eigenvalue weighted by Crippen LogP contribution is -2.06. The number of nitrogens with one attached hydrogen (secondary N) is 1. The average Bonchev–Trinajstić information content (AvgIpc) is 3.43. The molecule has 4 heterocycles. The van der Waals surface area contributed by atoms with Crippen molar-refractivity contribution in [1.82, 2.24) is 29.9 Å². The minimum Gasteiger partial charge on any atom is -0.496 e. The van der Waals surface area contributed by atoms with Crippen LogP contribution in [0.15, 0.2) is 28.9 Å². The Hall–Kier alpha value is -3.68. The molecule has 4 aromatic heterocycles. The number of hydrogen-bond acceptors (Lipinski definition) is 6. The van der Waals surface area contributed by atoms with E-state index in [2.05, 4.69) is 40.1 Å². The Morgan fingerprint density at radius 1 is 1.13 bits per heavy atom. The summed E-state index contributed by atoms with van der Waals surface area (Å²) in [6.07, 6.45) is 1.81. The highest BCUT2D eigenvalue weighted by Crippen LogP contribution is 2.41. The van der Waals surface area contributed by atoms with Crippen LogP contribution in [0.5, 0.6) is 5.75 Å². The van der Waals surface area contributed by atoms with Crippen molar-refractivity contribution < 1.29 is 9.26 Å². The van der Waals surface area contributed by atoms with Gasteiger partial charge in [0, 0.05) is 28.7 Å². The summed E-state index contributed by atoms with van der Waals surface area (Å²) < 4.78 is 13.2. The molecule has 0 aliphatic rings. The number of H-pyrrole nitrogens is 1. The molecule has 158 valence electrons. The van der Waals surface area contributed by atoms with Crippen molar-refractivity contribution in [2.45, 2.75) is 40.7 Å². The van der Waals surface area contributed by atoms with Crippen molar-refractivity contribution in [3.63, 3.8) is 0 Å². The van der Waals surface area contributed by atoms with Crippen molar-refractivity contribution >= 4 is 21.9 Å². The number of benzene rings is 1. The monoisotopic (exact) mass is 416 g/mol. The normalized spacial score (nSPS) is 11.8. The highest BCUT2D eigenvalue weighted by atomic mass is 16.5. The molecule has 0 saturated carbocycles. The van der Waals surface area contributed by atoms with Crippen molar-refractivity contribution in [2.75, 3.05) is 7.11 Å². The van der Waals surface area contributed by atoms with Gasteiger partial charge in [-0.05, 0) is 52.8 Å². The topological polar surface area (TPSA) is 94.7 Å². The number of fused-ring (bicyclic) bond motifs is 3. The summed E-state index contributed by atoms with van der Waals surface area (Å²) in [5.74, 6) is 2.19. The molecule has 0 amide bonds. The second-order valence-corrected chi connectivity index (χ2v) is 8.02. The zero-order valence-electron chi connectivity index (χ0n) is 18.4. The summed E-state index contributed by atoms with van der Waals surface area (Å²) in [6.45, 7) is 9.96. The van der Waals surface area contributed by atoms with E-state index in [1.165, 1.54) is 0 Å². The number of aromatic nitrogens is 6. The van der Waals surface area contributed by atoms with Gasteiger partial charge in [0.1, 0.15) is 28.7 Å². The molecule has 5 aromatic rings. The maximum Gasteiger partial charge on any atom is 0.142 e. The van der Waals surface area contributed by atoms with Gasteiger partial charge >= 0.3 is 0 Å². The van der Waals surface area contributed by atoms with Crippen LogP contribution in [0.1, 0.15) is 37.2 Å². The Kier molecular flexibility index (Phi) is 4.32. The minimum absolute atomic E-state index is 0.209. The first kappa shape index (κ1) is 19.3. The first-order chi connectivity index (χ1) is 14.9. The Balaban J connectivity index is 1.86. The third-order valence-electron chi connectivity index (χ3n) is 5.59. The summed E-state index contributed by atoms with van der Waals surface area (Å²) in [7, 11) is 1.67. The SMILES string of the molecule is COc1cc2c(cc1-c1c(C)noc1C)[nH]c1nc(C)nc(-c3ccnn3C(C)C)c12. The summed E-state index contributed by atoms with van der Waals surface area (Å²) >= 11 is 0. The minimum atomic E-state index is 0.209. The van der Waals surface area contributed by atoms with E-state index >= 15 is 0 Å². The van der Waals surface area contributed by atoms with Gasteiger partial charge in [-0.15, -0.1) is 0 Å². The summed E-state index contributed by atoms with van der Waals surface area (Å²) in [6, 6.07) is 6.31. The quantitative estimate of drug-likeness (QED) is 0.436. The summed E-state index contributed by atoms with van der Waals surface area (Å²) in [5, 5.41) is 10.5. The van der Waals surface area contributed by atoms with Crippen LogP contribution >= 0.6 is 0 Å². The highest BCUT2D eigenvalue weighted by molar-refractivity contribution is 6.13. The van der Waals surface area contributed by atoms with Crippen LogP contribution in [0.4, 0.5) is 0 Å². The van der Waals surface area contributed by atoms with Gasteiger partial charge < -0.3 is 14.2 Å². The molecule has 5 rings (SSSR count). The molecule has 31 heavy (non-hydrogen) atoms. The maximum atomic E-state index is 5.78. The maximum absolute atomic E-state index is 5.78. The van der Waals surface area contributed by atoms with Crippen molar-refractivity contribution in [2.24, 2.45) is 0 Å². The summed E-state index contributed by atoms with van der Waals surface area (Å²) in [4.78, 5) is 13.0. The Labute approximate surface area is 179 Å². The third-order valence-corrected chi connectivity index (χ3v) is 5.59. The number of nitrogens with zero attached hydrogens (tertiary/aromatic N) is 5. The molecule has 1 N–H and O–H groups in total. The van der Waals surface area contributed by atoms with E-state index < -0.39 is 0 Å². The molecule has 8 nitrogen and oxygen atoms in total. The van der Waals surface area contributed by atoms with Gasteiger partial charge in [-0.3, -0.25) is 4.68 Å². The van der Waals surface area contributed by atoms with E-state index in [1.807, 2.05) is 43.8 Å². The summed E-state index contributed by atoms with van der Waals surface area (Å²) in [5.41, 5.74) is 6.24. The Morgan fingerprint density at radius 2 is 1.94 bits per heavy atom. The fourth-order valence-corrected chi connectivity index (χ4v) is 4.27. The van der Waals surface area contributed by atoms with E-state index in [4.69, 9.17) is 14.2 Å². The molecule has 0 saturated heterocycles. The van der Waals surface area contributed by atoms with Crippen molar-refractivity contribution in [3.8, 4) is 28.3 Å². The highest BCUT2D eigenvalue weighted by Gasteiger charge is 2.22. The number of hydrogen-bond donors (Lipinski definition) is 1. The lowest BCUT2D eigenvalue weighted by molar-refractivity contribution is 0.393. The number of aryl methyl sites for hydroxylation is 3. The largest absolute Gasteiger partial charge is 0.496 e. The van der Waals surface area contributed by atoms with Crippen LogP contribution in [0.2, 0.25) is 0 Å². The van der Waals surface area contributed by atoms with Crippen LogP contribution in [-0.2, 0) is 0 Å². The van der Waals surface area contributed by atoms with Crippen LogP contribution in [-0.4, -0.2) is 37.0 Å². The third kappa shape index (κ3) is 2.90. The first-order valence-electron chi connectivity index (χ1n) is 10.2. The second-order valence-electron chi connectivity index (χ2n) is 8.02. The van der Waals surface area contributed by atoms with Gasteiger partial charge in [0.25, 0.3) is 0 Å². The molecular formula is C23H24N6O2. The van der Waals surface area contributed by atoms with E-state index in [1.54, 1.807) is 7.11 Å². The predicted molar refractivity (Wildman–Crippen MR) is 119 cm³/mol. The van der Waals surface area contributed by atoms with Gasteiger partial charge in [-0.25, -0.2) is 9.97 Å². The van der Waals surface area contributed by atoms with Gasteiger partial charge in [0.15, 0.2) is 0 Å². The molecule has 0 aliphatic heterocycles. The standard InChI is InChI=1S/C23H24N6O2/c1-11(2)29-18(7-8-24-29)22-21-15-10-19(30-6)16(20-12(3)28-31-13(20)4)9-17(15)27-23(21)26-14(5)25-22/h7-11H,1-6H3,(H,25,26,27). The second kappa shape index (κ2) is 6.94. The molecule has 1 aromatic carbocycles. The zero-order valence-corrected chi connectivity index (χ0v) is 18.4. The van der Waals surface area contributed by atoms with E-state index in [9.17, 15) is 0 Å². The average molecular weight is 416 g/mol. The Morgan fingerprint density at radius 3 is 2.61 bits per heavy atom. The first-order valence-corrected chi connectivity index (χ1v) is 10.2. The molecule has 0 unspecified atom stereocenters. The van der Waals surface area contributed by atoms with Crippen LogP contribution in [0.25, 0.3) is 44.5 Å². The zero-order chi connectivity index (χ0) is 21.9. The molecular weight excluding hydrogens is 392 g/mol. The van der Waals surface area contributed by atoms with Crippen molar-refractivity contribution in [1.29, 1.82) is 0 Å². The van der Waals surface area contributed by atoms with Crippen LogP contribution < -0.4 is 4.74 Å². The van der Waals surface area contributed by atoms with Gasteiger partial charge in [-0.2, -0.15) is 5.10 Å². The van der Waals surface area contributed by atoms with E-state index in [0.717, 1.165) is 61.7 Å². The molecule has 8 heteroatoms. The fourth-order valence-electron chi connectivity index (χ4n) is 4.27. The molecule has 0 bridgehead atoms. The lowest BCUT2D eigenvalue weighted by Gasteiger charge is -2.12. The van der Waals surface area contributed by atoms with Crippen molar-refractivity contribution in [3.05, 3.63) is 41.7 Å². The molecule has 0 atom stereocenters. The van der Waals surface area contributed by atoms with Gasteiger partial charge in [0.05, 0.1) is 29.4 Å².